The zero-order valence-electron chi connectivity index (χ0n) is 17.6. The van der Waals surface area contributed by atoms with E-state index in [1.165, 1.54) is 0 Å². The summed E-state index contributed by atoms with van der Waals surface area (Å²) >= 11 is 0. The van der Waals surface area contributed by atoms with Gasteiger partial charge < -0.3 is 9.47 Å². The number of hydrogen-bond donors (Lipinski definition) is 0. The fraction of sp³-hybridized carbons (Fsp3) is 0.385. The minimum atomic E-state index is -1.05. The molecular weight excluding hydrogens is 401 g/mol. The minimum Gasteiger partial charge on any atom is -0.450 e. The van der Waals surface area contributed by atoms with Gasteiger partial charge in [0.1, 0.15) is 0 Å². The number of ether oxygens (including phenoxy) is 2. The van der Waals surface area contributed by atoms with Crippen LogP contribution in [0.4, 0.5) is 13.2 Å². The first kappa shape index (κ1) is 21.7. The molecule has 0 spiro atoms. The summed E-state index contributed by atoms with van der Waals surface area (Å²) in [5, 5.41) is 0. The Morgan fingerprint density at radius 3 is 2.45 bits per heavy atom. The van der Waals surface area contributed by atoms with Gasteiger partial charge in [-0.3, -0.25) is 0 Å². The van der Waals surface area contributed by atoms with E-state index < -0.39 is 17.5 Å². The Bertz CT molecular complexity index is 991. The molecule has 0 amide bonds. The fourth-order valence-corrected chi connectivity index (χ4v) is 4.35. The zero-order chi connectivity index (χ0) is 22.0. The zero-order valence-corrected chi connectivity index (χ0v) is 17.6. The molecule has 2 heterocycles. The first-order valence-electron chi connectivity index (χ1n) is 10.8. The van der Waals surface area contributed by atoms with Crippen molar-refractivity contribution in [1.29, 1.82) is 0 Å². The second-order valence-corrected chi connectivity index (χ2v) is 8.35. The number of aryl methyl sites for hydroxylation is 2. The molecule has 0 bridgehead atoms. The third-order valence-electron chi connectivity index (χ3n) is 6.25. The molecule has 2 unspecified atom stereocenters. The molecule has 0 N–H and O–H groups in total. The summed E-state index contributed by atoms with van der Waals surface area (Å²) in [4.78, 5) is 0. The van der Waals surface area contributed by atoms with Crippen LogP contribution in [-0.4, -0.2) is 12.7 Å². The van der Waals surface area contributed by atoms with Crippen molar-refractivity contribution >= 4 is 0 Å². The van der Waals surface area contributed by atoms with E-state index >= 15 is 0 Å². The molecule has 5 heteroatoms. The summed E-state index contributed by atoms with van der Waals surface area (Å²) in [6, 6.07) is 5.17. The third kappa shape index (κ3) is 4.42. The van der Waals surface area contributed by atoms with Gasteiger partial charge in [0.15, 0.2) is 23.1 Å². The monoisotopic (exact) mass is 428 g/mol. The highest BCUT2D eigenvalue weighted by atomic mass is 19.2. The van der Waals surface area contributed by atoms with Crippen LogP contribution in [-0.2, 0) is 24.0 Å². The Kier molecular flexibility index (Phi) is 6.51. The summed E-state index contributed by atoms with van der Waals surface area (Å²) < 4.78 is 55.9. The van der Waals surface area contributed by atoms with E-state index in [0.717, 1.165) is 12.8 Å². The van der Waals surface area contributed by atoms with Gasteiger partial charge in [0.05, 0.1) is 12.7 Å². The maximum Gasteiger partial charge on any atom is 0.201 e. The molecule has 31 heavy (non-hydrogen) atoms. The Hall–Kier alpha value is -2.53. The molecule has 4 rings (SSSR count). The lowest BCUT2D eigenvalue weighted by Gasteiger charge is -2.27. The van der Waals surface area contributed by atoms with Crippen molar-refractivity contribution in [3.05, 3.63) is 83.2 Å². The van der Waals surface area contributed by atoms with Crippen LogP contribution in [0.1, 0.15) is 47.9 Å². The van der Waals surface area contributed by atoms with Gasteiger partial charge in [-0.2, -0.15) is 4.39 Å². The highest BCUT2D eigenvalue weighted by Crippen LogP contribution is 2.42. The Labute approximate surface area is 181 Å². The van der Waals surface area contributed by atoms with Gasteiger partial charge in [0, 0.05) is 23.5 Å². The molecule has 1 saturated heterocycles. The molecule has 2 nitrogen and oxygen atoms in total. The van der Waals surface area contributed by atoms with Crippen molar-refractivity contribution in [3.63, 3.8) is 0 Å². The van der Waals surface area contributed by atoms with E-state index in [4.69, 9.17) is 9.47 Å². The standard InChI is InChI=1S/C26H27F3O2/c1-3-5-6-17-8-9-19-14-20-13-18(10-12-21-11-7-16(4-2)15-30-21)22(27)24(29)26(20)31-25(19)23(17)28/h3-4,8-9,13,16,21H,1-2,5-7,10-12,14-15H2. The highest BCUT2D eigenvalue weighted by molar-refractivity contribution is 5.53. The lowest BCUT2D eigenvalue weighted by Crippen LogP contribution is -2.25. The molecule has 2 aliphatic rings. The maximum absolute atomic E-state index is 14.9. The van der Waals surface area contributed by atoms with Crippen molar-refractivity contribution in [2.45, 2.75) is 51.0 Å². The van der Waals surface area contributed by atoms with E-state index in [2.05, 4.69) is 13.2 Å². The quantitative estimate of drug-likeness (QED) is 0.384. The normalized spacial score (nSPS) is 19.8. The molecule has 164 valence electrons. The first-order valence-corrected chi connectivity index (χ1v) is 10.8. The molecule has 2 aromatic carbocycles. The van der Waals surface area contributed by atoms with Gasteiger partial charge in [0.2, 0.25) is 5.82 Å². The van der Waals surface area contributed by atoms with Crippen LogP contribution >= 0.6 is 0 Å². The topological polar surface area (TPSA) is 18.5 Å². The number of allylic oxidation sites excluding steroid dienone is 1. The largest absolute Gasteiger partial charge is 0.450 e. The molecule has 0 aliphatic carbocycles. The van der Waals surface area contributed by atoms with Crippen molar-refractivity contribution in [1.82, 2.24) is 0 Å². The minimum absolute atomic E-state index is 0.00695. The van der Waals surface area contributed by atoms with Crippen LogP contribution in [0, 0.1) is 23.4 Å². The van der Waals surface area contributed by atoms with Gasteiger partial charge in [-0.05, 0) is 55.7 Å². The van der Waals surface area contributed by atoms with Crippen LogP contribution in [0.3, 0.4) is 0 Å². The van der Waals surface area contributed by atoms with Crippen LogP contribution in [0.25, 0.3) is 0 Å². The van der Waals surface area contributed by atoms with Crippen LogP contribution in [0.5, 0.6) is 11.5 Å². The number of benzene rings is 2. The predicted octanol–water partition coefficient (Wildman–Crippen LogP) is 6.83. The third-order valence-corrected chi connectivity index (χ3v) is 6.25. The molecule has 1 fully saturated rings. The lowest BCUT2D eigenvalue weighted by atomic mass is 9.92. The van der Waals surface area contributed by atoms with Gasteiger partial charge in [-0.1, -0.05) is 24.3 Å². The average Bonchev–Trinajstić information content (AvgIpc) is 2.79. The number of rotatable bonds is 7. The lowest BCUT2D eigenvalue weighted by molar-refractivity contribution is -0.00790. The molecule has 2 aromatic rings. The summed E-state index contributed by atoms with van der Waals surface area (Å²) in [5.41, 5.74) is 1.96. The number of hydrogen-bond acceptors (Lipinski definition) is 2. The smallest absolute Gasteiger partial charge is 0.201 e. The van der Waals surface area contributed by atoms with Crippen molar-refractivity contribution in [3.8, 4) is 11.5 Å². The second kappa shape index (κ2) is 9.31. The average molecular weight is 428 g/mol. The second-order valence-electron chi connectivity index (χ2n) is 8.35. The number of halogens is 3. The molecule has 0 saturated carbocycles. The fourth-order valence-electron chi connectivity index (χ4n) is 4.35. The van der Waals surface area contributed by atoms with Gasteiger partial charge in [0.25, 0.3) is 0 Å². The van der Waals surface area contributed by atoms with Crippen molar-refractivity contribution in [2.75, 3.05) is 6.61 Å². The van der Waals surface area contributed by atoms with Gasteiger partial charge in [-0.15, -0.1) is 13.2 Å². The van der Waals surface area contributed by atoms with E-state index in [1.807, 2.05) is 6.08 Å². The molecule has 2 atom stereocenters. The van der Waals surface area contributed by atoms with E-state index in [-0.39, 0.29) is 17.6 Å². The SMILES string of the molecule is C=CCCc1ccc2c(c1F)Oc1c(cc(CCC3CCC(C=C)CO3)c(F)c1F)C2. The summed E-state index contributed by atoms with van der Waals surface area (Å²) in [5.74, 6) is -2.34. The summed E-state index contributed by atoms with van der Waals surface area (Å²) in [6.07, 6.45) is 7.93. The molecule has 0 aromatic heterocycles. The molecular formula is C26H27F3O2. The van der Waals surface area contributed by atoms with Gasteiger partial charge >= 0.3 is 0 Å². The Morgan fingerprint density at radius 1 is 0.935 bits per heavy atom. The maximum atomic E-state index is 14.9. The van der Waals surface area contributed by atoms with Crippen LogP contribution in [0.15, 0.2) is 43.5 Å². The highest BCUT2D eigenvalue weighted by Gasteiger charge is 2.28. The molecule has 0 radical (unpaired) electrons. The Balaban J connectivity index is 1.52. The summed E-state index contributed by atoms with van der Waals surface area (Å²) in [7, 11) is 0. The first-order chi connectivity index (χ1) is 15.0. The number of fused-ring (bicyclic) bond motifs is 2. The molecule has 2 aliphatic heterocycles. The van der Waals surface area contributed by atoms with Crippen LogP contribution in [0.2, 0.25) is 0 Å². The van der Waals surface area contributed by atoms with Gasteiger partial charge in [-0.25, -0.2) is 8.78 Å². The van der Waals surface area contributed by atoms with E-state index in [0.29, 0.717) is 66.9 Å². The van der Waals surface area contributed by atoms with E-state index in [1.54, 1.807) is 24.3 Å². The van der Waals surface area contributed by atoms with Crippen LogP contribution < -0.4 is 4.74 Å². The summed E-state index contributed by atoms with van der Waals surface area (Å²) in [6.45, 7) is 8.07. The van der Waals surface area contributed by atoms with Crippen molar-refractivity contribution < 1.29 is 22.6 Å². The van der Waals surface area contributed by atoms with E-state index in [9.17, 15) is 13.2 Å². The predicted molar refractivity (Wildman–Crippen MR) is 115 cm³/mol. The Morgan fingerprint density at radius 2 is 1.74 bits per heavy atom. The van der Waals surface area contributed by atoms with Crippen molar-refractivity contribution in [2.24, 2.45) is 5.92 Å².